The molecule has 2 aliphatic rings. The van der Waals surface area contributed by atoms with E-state index in [-0.39, 0.29) is 11.7 Å². The third kappa shape index (κ3) is 4.32. The Morgan fingerprint density at radius 3 is 2.45 bits per heavy atom. The summed E-state index contributed by atoms with van der Waals surface area (Å²) >= 11 is 0. The summed E-state index contributed by atoms with van der Waals surface area (Å²) in [6, 6.07) is 3.64. The van der Waals surface area contributed by atoms with Crippen LogP contribution in [0.4, 0.5) is 5.95 Å². The minimum atomic E-state index is -0.0462. The number of carbonyl (C=O) groups is 2. The van der Waals surface area contributed by atoms with Gasteiger partial charge in [-0.15, -0.1) is 0 Å². The summed E-state index contributed by atoms with van der Waals surface area (Å²) < 4.78 is 1.96. The number of ketones is 1. The lowest BCUT2D eigenvalue weighted by Crippen LogP contribution is -2.47. The predicted molar refractivity (Wildman–Crippen MR) is 110 cm³/mol. The van der Waals surface area contributed by atoms with Gasteiger partial charge in [0, 0.05) is 76.9 Å². The number of fused-ring (bicyclic) bond motifs is 1. The molecule has 2 aliphatic heterocycles. The molecule has 0 atom stereocenters. The Bertz CT molecular complexity index is 857. The van der Waals surface area contributed by atoms with Crippen molar-refractivity contribution in [2.45, 2.75) is 25.8 Å². The zero-order valence-corrected chi connectivity index (χ0v) is 17.0. The highest BCUT2D eigenvalue weighted by molar-refractivity contribution is 6.08. The van der Waals surface area contributed by atoms with Gasteiger partial charge in [-0.05, 0) is 31.5 Å². The van der Waals surface area contributed by atoms with Crippen LogP contribution >= 0.6 is 0 Å². The summed E-state index contributed by atoms with van der Waals surface area (Å²) in [5.74, 6) is 0.830. The van der Waals surface area contributed by atoms with Crippen molar-refractivity contribution >= 4 is 17.6 Å². The van der Waals surface area contributed by atoms with Gasteiger partial charge >= 0.3 is 0 Å². The first-order valence-electron chi connectivity index (χ1n) is 10.4. The Labute approximate surface area is 171 Å². The lowest BCUT2D eigenvalue weighted by Gasteiger charge is -2.34. The fourth-order valence-electron chi connectivity index (χ4n) is 4.05. The molecule has 154 valence electrons. The lowest BCUT2D eigenvalue weighted by atomic mass is 10.1. The molecule has 0 saturated carbocycles. The SMILES string of the molecule is CN1CCC(=O)c2ccn(CCCCN3CCN(c4ncccn4)CC3)c2C1=O. The summed E-state index contributed by atoms with van der Waals surface area (Å²) in [6.07, 6.45) is 7.90. The second kappa shape index (κ2) is 8.73. The molecule has 4 rings (SSSR count). The van der Waals surface area contributed by atoms with Gasteiger partial charge in [0.2, 0.25) is 5.95 Å². The Kier molecular flexibility index (Phi) is 5.89. The van der Waals surface area contributed by atoms with Crippen molar-refractivity contribution < 1.29 is 9.59 Å². The molecular weight excluding hydrogens is 368 g/mol. The van der Waals surface area contributed by atoms with Crippen molar-refractivity contribution in [2.24, 2.45) is 0 Å². The average Bonchev–Trinajstić information content (AvgIpc) is 3.15. The molecule has 29 heavy (non-hydrogen) atoms. The summed E-state index contributed by atoms with van der Waals surface area (Å²) in [5.41, 5.74) is 1.14. The summed E-state index contributed by atoms with van der Waals surface area (Å²) in [6.45, 7) is 6.20. The van der Waals surface area contributed by atoms with Gasteiger partial charge in [0.05, 0.1) is 0 Å². The Morgan fingerprint density at radius 1 is 0.966 bits per heavy atom. The van der Waals surface area contributed by atoms with E-state index in [1.807, 2.05) is 16.8 Å². The maximum atomic E-state index is 12.6. The quantitative estimate of drug-likeness (QED) is 0.690. The standard InChI is InChI=1S/C21H28N6O2/c1-24-11-6-18(28)17-5-12-26(19(17)20(24)29)10-3-2-9-25-13-15-27(16-14-25)21-22-7-4-8-23-21/h4-5,7-8,12H,2-3,6,9-11,13-16H2,1H3. The molecule has 0 aliphatic carbocycles. The van der Waals surface area contributed by atoms with Gasteiger partial charge in [-0.25, -0.2) is 9.97 Å². The zero-order valence-electron chi connectivity index (χ0n) is 17.0. The fraction of sp³-hybridized carbons (Fsp3) is 0.524. The smallest absolute Gasteiger partial charge is 0.270 e. The number of unbranched alkanes of at least 4 members (excludes halogenated alkanes) is 1. The number of aryl methyl sites for hydroxylation is 1. The Morgan fingerprint density at radius 2 is 1.69 bits per heavy atom. The second-order valence-corrected chi connectivity index (χ2v) is 7.76. The van der Waals surface area contributed by atoms with Crippen molar-refractivity contribution in [1.29, 1.82) is 0 Å². The molecule has 0 spiro atoms. The first kappa shape index (κ1) is 19.6. The Hall–Kier alpha value is -2.74. The molecule has 8 nitrogen and oxygen atoms in total. The molecule has 2 aromatic heterocycles. The summed E-state index contributed by atoms with van der Waals surface area (Å²) in [5, 5.41) is 0. The van der Waals surface area contributed by atoms with Crippen LogP contribution in [0, 0.1) is 0 Å². The van der Waals surface area contributed by atoms with E-state index in [1.54, 1.807) is 30.4 Å². The minimum Gasteiger partial charge on any atom is -0.343 e. The van der Waals surface area contributed by atoms with E-state index in [1.165, 1.54) is 0 Å². The first-order valence-corrected chi connectivity index (χ1v) is 10.4. The van der Waals surface area contributed by atoms with Crippen LogP contribution in [0.25, 0.3) is 0 Å². The van der Waals surface area contributed by atoms with Gasteiger partial charge in [0.1, 0.15) is 5.69 Å². The molecule has 0 aromatic carbocycles. The number of hydrogen-bond donors (Lipinski definition) is 0. The van der Waals surface area contributed by atoms with Crippen LogP contribution in [-0.4, -0.2) is 82.3 Å². The van der Waals surface area contributed by atoms with Crippen molar-refractivity contribution in [1.82, 2.24) is 24.3 Å². The summed E-state index contributed by atoms with van der Waals surface area (Å²) in [7, 11) is 1.77. The topological polar surface area (TPSA) is 74.6 Å². The normalized spacial score (nSPS) is 18.1. The van der Waals surface area contributed by atoms with Gasteiger partial charge in [0.25, 0.3) is 5.91 Å². The number of Topliss-reactive ketones (excluding diaryl/α,β-unsaturated/α-hetero) is 1. The molecule has 1 saturated heterocycles. The van der Waals surface area contributed by atoms with Gasteiger partial charge in [0.15, 0.2) is 5.78 Å². The molecule has 4 heterocycles. The second-order valence-electron chi connectivity index (χ2n) is 7.76. The van der Waals surface area contributed by atoms with E-state index in [2.05, 4.69) is 19.8 Å². The number of piperazine rings is 1. The van der Waals surface area contributed by atoms with E-state index in [9.17, 15) is 9.59 Å². The molecule has 2 aromatic rings. The van der Waals surface area contributed by atoms with Crippen LogP contribution in [0.3, 0.4) is 0 Å². The molecule has 8 heteroatoms. The number of aromatic nitrogens is 3. The van der Waals surface area contributed by atoms with Gasteiger partial charge in [-0.3, -0.25) is 14.5 Å². The van der Waals surface area contributed by atoms with E-state index in [4.69, 9.17) is 0 Å². The maximum Gasteiger partial charge on any atom is 0.270 e. The van der Waals surface area contributed by atoms with Gasteiger partial charge in [-0.2, -0.15) is 0 Å². The molecule has 0 N–H and O–H groups in total. The number of anilines is 1. The van der Waals surface area contributed by atoms with Crippen molar-refractivity contribution in [3.63, 3.8) is 0 Å². The number of carbonyl (C=O) groups excluding carboxylic acids is 2. The maximum absolute atomic E-state index is 12.6. The fourth-order valence-corrected chi connectivity index (χ4v) is 4.05. The van der Waals surface area contributed by atoms with Crippen LogP contribution in [0.2, 0.25) is 0 Å². The highest BCUT2D eigenvalue weighted by atomic mass is 16.2. The van der Waals surface area contributed by atoms with Crippen LogP contribution < -0.4 is 4.90 Å². The third-order valence-corrected chi connectivity index (χ3v) is 5.82. The van der Waals surface area contributed by atoms with E-state index in [0.717, 1.165) is 58.1 Å². The molecule has 1 fully saturated rings. The molecular formula is C21H28N6O2. The number of rotatable bonds is 6. The van der Waals surface area contributed by atoms with Crippen LogP contribution in [0.5, 0.6) is 0 Å². The number of amides is 1. The molecule has 0 radical (unpaired) electrons. The highest BCUT2D eigenvalue weighted by Gasteiger charge is 2.28. The predicted octanol–water partition coefficient (Wildman–Crippen LogP) is 1.54. The van der Waals surface area contributed by atoms with Crippen LogP contribution in [0.15, 0.2) is 30.7 Å². The molecule has 0 bridgehead atoms. The summed E-state index contributed by atoms with van der Waals surface area (Å²) in [4.78, 5) is 39.9. The lowest BCUT2D eigenvalue weighted by molar-refractivity contribution is 0.0787. The van der Waals surface area contributed by atoms with E-state index >= 15 is 0 Å². The van der Waals surface area contributed by atoms with E-state index in [0.29, 0.717) is 24.2 Å². The monoisotopic (exact) mass is 396 g/mol. The van der Waals surface area contributed by atoms with Gasteiger partial charge < -0.3 is 14.4 Å². The van der Waals surface area contributed by atoms with Crippen LogP contribution in [-0.2, 0) is 6.54 Å². The number of nitrogens with zero attached hydrogens (tertiary/aromatic N) is 6. The number of hydrogen-bond acceptors (Lipinski definition) is 6. The zero-order chi connectivity index (χ0) is 20.2. The molecule has 0 unspecified atom stereocenters. The first-order chi connectivity index (χ1) is 14.1. The van der Waals surface area contributed by atoms with E-state index < -0.39 is 0 Å². The average molecular weight is 396 g/mol. The van der Waals surface area contributed by atoms with Gasteiger partial charge in [-0.1, -0.05) is 0 Å². The third-order valence-electron chi connectivity index (χ3n) is 5.82. The van der Waals surface area contributed by atoms with Crippen molar-refractivity contribution in [3.05, 3.63) is 42.0 Å². The largest absolute Gasteiger partial charge is 0.343 e. The minimum absolute atomic E-state index is 0.0462. The van der Waals surface area contributed by atoms with Crippen molar-refractivity contribution in [2.75, 3.05) is 51.2 Å². The molecule has 1 amide bonds. The highest BCUT2D eigenvalue weighted by Crippen LogP contribution is 2.20. The van der Waals surface area contributed by atoms with Crippen molar-refractivity contribution in [3.8, 4) is 0 Å². The Balaban J connectivity index is 1.25. The van der Waals surface area contributed by atoms with Crippen LogP contribution in [0.1, 0.15) is 40.1 Å².